The van der Waals surface area contributed by atoms with Crippen LogP contribution in [0.5, 0.6) is 0 Å². The van der Waals surface area contributed by atoms with Crippen LogP contribution in [0.3, 0.4) is 0 Å². The first-order valence-electron chi connectivity index (χ1n) is 4.95. The van der Waals surface area contributed by atoms with Gasteiger partial charge in [0.15, 0.2) is 0 Å². The van der Waals surface area contributed by atoms with Crippen molar-refractivity contribution in [2.24, 2.45) is 5.41 Å². The molecule has 0 bridgehead atoms. The molecule has 1 saturated carbocycles. The molecule has 0 saturated heterocycles. The van der Waals surface area contributed by atoms with E-state index in [9.17, 15) is 9.59 Å². The second-order valence-electron chi connectivity index (χ2n) is 3.96. The molecular weight excluding hydrogens is 199 g/mol. The maximum Gasteiger partial charge on any atom is 0.141 e. The van der Waals surface area contributed by atoms with Gasteiger partial charge in [0.2, 0.25) is 0 Å². The summed E-state index contributed by atoms with van der Waals surface area (Å²) in [5.41, 5.74) is -0.345. The SMILES string of the molecule is CCC(=O)C1([C@H](CC(C)=O)OP)CC1. The van der Waals surface area contributed by atoms with Crippen LogP contribution >= 0.6 is 9.47 Å². The number of carbonyl (C=O) groups excluding carboxylic acids is 2. The van der Waals surface area contributed by atoms with Crippen molar-refractivity contribution < 1.29 is 14.1 Å². The van der Waals surface area contributed by atoms with Gasteiger partial charge in [-0.15, -0.1) is 0 Å². The molecule has 4 heteroatoms. The lowest BCUT2D eigenvalue weighted by atomic mass is 9.89. The summed E-state index contributed by atoms with van der Waals surface area (Å²) in [7, 11) is 2.17. The molecule has 0 heterocycles. The van der Waals surface area contributed by atoms with Crippen LogP contribution in [0.1, 0.15) is 39.5 Å². The number of rotatable bonds is 6. The van der Waals surface area contributed by atoms with E-state index in [-0.39, 0.29) is 23.1 Å². The van der Waals surface area contributed by atoms with Crippen LogP contribution in [0.2, 0.25) is 0 Å². The maximum absolute atomic E-state index is 11.7. The number of Topliss-reactive ketones (excluding diaryl/α,β-unsaturated/α-hetero) is 2. The lowest BCUT2D eigenvalue weighted by Crippen LogP contribution is -2.31. The number of carbonyl (C=O) groups is 2. The highest BCUT2D eigenvalue weighted by molar-refractivity contribution is 7.09. The summed E-state index contributed by atoms with van der Waals surface area (Å²) in [6, 6.07) is 0. The van der Waals surface area contributed by atoms with Gasteiger partial charge in [-0.25, -0.2) is 0 Å². The normalized spacial score (nSPS) is 20.2. The van der Waals surface area contributed by atoms with Gasteiger partial charge in [0.05, 0.1) is 11.5 Å². The average Bonchev–Trinajstić information content (AvgIpc) is 2.93. The molecule has 2 atom stereocenters. The third-order valence-corrected chi connectivity index (χ3v) is 3.25. The predicted octanol–water partition coefficient (Wildman–Crippen LogP) is 1.90. The first-order chi connectivity index (χ1) is 6.56. The van der Waals surface area contributed by atoms with Gasteiger partial charge < -0.3 is 4.52 Å². The summed E-state index contributed by atoms with van der Waals surface area (Å²) in [6.07, 6.45) is 2.37. The highest BCUT2D eigenvalue weighted by atomic mass is 31.0. The Bertz CT molecular complexity index is 246. The van der Waals surface area contributed by atoms with Crippen LogP contribution < -0.4 is 0 Å². The molecule has 3 nitrogen and oxygen atoms in total. The van der Waals surface area contributed by atoms with Crippen molar-refractivity contribution in [3.05, 3.63) is 0 Å². The zero-order chi connectivity index (χ0) is 10.8. The Morgan fingerprint density at radius 3 is 2.36 bits per heavy atom. The predicted molar refractivity (Wildman–Crippen MR) is 56.8 cm³/mol. The minimum atomic E-state index is -0.345. The Kier molecular flexibility index (Phi) is 3.79. The first kappa shape index (κ1) is 11.8. The minimum Gasteiger partial charge on any atom is -0.361 e. The molecule has 0 aliphatic heterocycles. The second-order valence-corrected chi connectivity index (χ2v) is 4.24. The fraction of sp³-hybridized carbons (Fsp3) is 0.800. The van der Waals surface area contributed by atoms with Crippen molar-refractivity contribution in [1.29, 1.82) is 0 Å². The van der Waals surface area contributed by atoms with E-state index >= 15 is 0 Å². The average molecular weight is 216 g/mol. The summed E-state index contributed by atoms with van der Waals surface area (Å²) >= 11 is 0. The van der Waals surface area contributed by atoms with Crippen molar-refractivity contribution >= 4 is 21.0 Å². The Morgan fingerprint density at radius 2 is 2.07 bits per heavy atom. The van der Waals surface area contributed by atoms with Gasteiger partial charge >= 0.3 is 0 Å². The van der Waals surface area contributed by atoms with Gasteiger partial charge in [-0.1, -0.05) is 6.92 Å². The molecular formula is C10H17O3P. The molecule has 14 heavy (non-hydrogen) atoms. The quantitative estimate of drug-likeness (QED) is 0.637. The van der Waals surface area contributed by atoms with Crippen molar-refractivity contribution in [3.8, 4) is 0 Å². The van der Waals surface area contributed by atoms with Crippen LogP contribution in [-0.4, -0.2) is 17.7 Å². The van der Waals surface area contributed by atoms with Gasteiger partial charge in [0.25, 0.3) is 0 Å². The summed E-state index contributed by atoms with van der Waals surface area (Å²) in [5.74, 6) is 0.304. The fourth-order valence-corrected chi connectivity index (χ4v) is 2.26. The summed E-state index contributed by atoms with van der Waals surface area (Å²) in [4.78, 5) is 22.7. The molecule has 80 valence electrons. The van der Waals surface area contributed by atoms with Crippen molar-refractivity contribution in [2.45, 2.75) is 45.6 Å². The van der Waals surface area contributed by atoms with E-state index in [0.29, 0.717) is 12.8 Å². The van der Waals surface area contributed by atoms with Gasteiger partial charge in [0, 0.05) is 22.3 Å². The molecule has 1 fully saturated rings. The first-order valence-corrected chi connectivity index (χ1v) is 5.42. The van der Waals surface area contributed by atoms with Crippen LogP contribution in [0.4, 0.5) is 0 Å². The van der Waals surface area contributed by atoms with E-state index < -0.39 is 0 Å². The van der Waals surface area contributed by atoms with Gasteiger partial charge in [-0.2, -0.15) is 0 Å². The zero-order valence-electron chi connectivity index (χ0n) is 8.71. The molecule has 0 aromatic carbocycles. The van der Waals surface area contributed by atoms with E-state index in [2.05, 4.69) is 9.47 Å². The number of hydrogen-bond acceptors (Lipinski definition) is 3. The Hall–Kier alpha value is -0.270. The third-order valence-electron chi connectivity index (χ3n) is 2.92. The van der Waals surface area contributed by atoms with Gasteiger partial charge in [-0.3, -0.25) is 9.59 Å². The maximum atomic E-state index is 11.7. The van der Waals surface area contributed by atoms with Gasteiger partial charge in [-0.05, 0) is 19.8 Å². The highest BCUT2D eigenvalue weighted by Crippen LogP contribution is 2.52. The molecule has 0 radical (unpaired) electrons. The lowest BCUT2D eigenvalue weighted by Gasteiger charge is -2.22. The second kappa shape index (κ2) is 4.50. The highest BCUT2D eigenvalue weighted by Gasteiger charge is 2.54. The van der Waals surface area contributed by atoms with E-state index in [1.165, 1.54) is 6.92 Å². The van der Waals surface area contributed by atoms with E-state index in [4.69, 9.17) is 4.52 Å². The number of hydrogen-bond donors (Lipinski definition) is 0. The van der Waals surface area contributed by atoms with Crippen molar-refractivity contribution in [1.82, 2.24) is 0 Å². The molecule has 1 unspecified atom stereocenters. The molecule has 0 spiro atoms. The Labute approximate surface area is 86.9 Å². The van der Waals surface area contributed by atoms with Crippen LogP contribution in [-0.2, 0) is 14.1 Å². The molecule has 0 aromatic rings. The van der Waals surface area contributed by atoms with Gasteiger partial charge in [0.1, 0.15) is 11.6 Å². The van der Waals surface area contributed by atoms with Crippen molar-refractivity contribution in [3.63, 3.8) is 0 Å². The summed E-state index contributed by atoms with van der Waals surface area (Å²) < 4.78 is 5.19. The Morgan fingerprint density at radius 1 is 1.50 bits per heavy atom. The van der Waals surface area contributed by atoms with E-state index in [1.807, 2.05) is 6.92 Å². The smallest absolute Gasteiger partial charge is 0.141 e. The van der Waals surface area contributed by atoms with E-state index in [1.54, 1.807) is 0 Å². The Balaban J connectivity index is 2.68. The molecule has 1 aliphatic carbocycles. The standard InChI is InChI=1S/C10H17O3P/c1-3-8(12)10(4-5-10)9(13-14)6-7(2)11/h9H,3-6,14H2,1-2H3/t9-/m0/s1. The molecule has 1 rings (SSSR count). The molecule has 1 aliphatic rings. The fourth-order valence-electron chi connectivity index (χ4n) is 1.90. The van der Waals surface area contributed by atoms with Crippen LogP contribution in [0, 0.1) is 5.41 Å². The van der Waals surface area contributed by atoms with E-state index in [0.717, 1.165) is 12.8 Å². The van der Waals surface area contributed by atoms with Crippen LogP contribution in [0.25, 0.3) is 0 Å². The zero-order valence-corrected chi connectivity index (χ0v) is 9.86. The number of ketones is 2. The molecule has 0 N–H and O–H groups in total. The van der Waals surface area contributed by atoms with Crippen molar-refractivity contribution in [2.75, 3.05) is 0 Å². The molecule has 0 amide bonds. The lowest BCUT2D eigenvalue weighted by molar-refractivity contribution is -0.128. The summed E-state index contributed by atoms with van der Waals surface area (Å²) in [6.45, 7) is 3.39. The van der Waals surface area contributed by atoms with Crippen LogP contribution in [0.15, 0.2) is 0 Å². The minimum absolute atomic E-state index is 0.0765. The largest absolute Gasteiger partial charge is 0.361 e. The molecule has 0 aromatic heterocycles. The monoisotopic (exact) mass is 216 g/mol. The third kappa shape index (κ3) is 2.21. The topological polar surface area (TPSA) is 43.4 Å². The summed E-state index contributed by atoms with van der Waals surface area (Å²) in [5, 5.41) is 0.